The molecule has 1 saturated heterocycles. The van der Waals surface area contributed by atoms with Crippen LogP contribution in [0.1, 0.15) is 0 Å². The highest BCUT2D eigenvalue weighted by Gasteiger charge is 2.18. The van der Waals surface area contributed by atoms with Gasteiger partial charge < -0.3 is 14.5 Å². The molecule has 3 rings (SSSR count). The average molecular weight is 397 g/mol. The first-order valence-electron chi connectivity index (χ1n) is 8.15. The van der Waals surface area contributed by atoms with Gasteiger partial charge in [-0.1, -0.05) is 11.6 Å². The van der Waals surface area contributed by atoms with Crippen molar-refractivity contribution in [3.63, 3.8) is 0 Å². The first-order chi connectivity index (χ1) is 12.4. The zero-order valence-electron chi connectivity index (χ0n) is 14.6. The van der Waals surface area contributed by atoms with Crippen LogP contribution in [-0.4, -0.2) is 58.6 Å². The van der Waals surface area contributed by atoms with E-state index in [9.17, 15) is 8.42 Å². The summed E-state index contributed by atoms with van der Waals surface area (Å²) in [4.78, 5) is 8.79. The number of ether oxygens (including phenoxy) is 1. The van der Waals surface area contributed by atoms with Gasteiger partial charge in [0.05, 0.1) is 28.9 Å². The zero-order chi connectivity index (χ0) is 18.7. The van der Waals surface area contributed by atoms with E-state index in [1.807, 2.05) is 6.07 Å². The van der Waals surface area contributed by atoms with E-state index >= 15 is 0 Å². The smallest absolute Gasteiger partial charge is 0.263 e. The van der Waals surface area contributed by atoms with Gasteiger partial charge in [-0.15, -0.1) is 0 Å². The van der Waals surface area contributed by atoms with Gasteiger partial charge >= 0.3 is 0 Å². The first-order valence-corrected chi connectivity index (χ1v) is 10.0. The van der Waals surface area contributed by atoms with Crippen LogP contribution in [0.3, 0.4) is 0 Å². The predicted octanol–water partition coefficient (Wildman–Crippen LogP) is 2.30. The van der Waals surface area contributed by atoms with Crippen molar-refractivity contribution in [3.05, 3.63) is 41.6 Å². The molecule has 1 aliphatic rings. The van der Waals surface area contributed by atoms with E-state index < -0.39 is 10.0 Å². The molecule has 0 bridgehead atoms. The van der Waals surface area contributed by atoms with Crippen LogP contribution < -0.4 is 14.4 Å². The van der Waals surface area contributed by atoms with E-state index in [2.05, 4.69) is 26.6 Å². The molecular weight excluding hydrogens is 376 g/mol. The van der Waals surface area contributed by atoms with Crippen molar-refractivity contribution in [3.8, 4) is 5.75 Å². The van der Waals surface area contributed by atoms with Crippen LogP contribution in [0.15, 0.2) is 41.4 Å². The first kappa shape index (κ1) is 18.8. The lowest BCUT2D eigenvalue weighted by molar-refractivity contribution is 0.313. The molecule has 0 atom stereocenters. The maximum absolute atomic E-state index is 12.5. The van der Waals surface area contributed by atoms with Gasteiger partial charge in [0.1, 0.15) is 11.6 Å². The van der Waals surface area contributed by atoms with Crippen molar-refractivity contribution in [1.29, 1.82) is 0 Å². The van der Waals surface area contributed by atoms with Gasteiger partial charge in [0.15, 0.2) is 0 Å². The van der Waals surface area contributed by atoms with Crippen LogP contribution in [-0.2, 0) is 10.0 Å². The number of aromatic nitrogens is 1. The summed E-state index contributed by atoms with van der Waals surface area (Å²) in [6.45, 7) is 3.83. The fourth-order valence-corrected chi connectivity index (χ4v) is 4.07. The molecule has 0 amide bonds. The van der Waals surface area contributed by atoms with Gasteiger partial charge in [0.2, 0.25) is 0 Å². The van der Waals surface area contributed by atoms with E-state index in [0.717, 1.165) is 31.9 Å². The van der Waals surface area contributed by atoms with Crippen LogP contribution in [0.4, 0.5) is 11.5 Å². The third-order valence-corrected chi connectivity index (χ3v) is 5.94. The number of hydrogen-bond acceptors (Lipinski definition) is 6. The molecular formula is C17H21ClN4O3S. The minimum Gasteiger partial charge on any atom is -0.495 e. The molecule has 1 aromatic heterocycles. The molecule has 1 N–H and O–H groups in total. The number of sulfonamides is 1. The van der Waals surface area contributed by atoms with E-state index in [1.165, 1.54) is 25.3 Å². The van der Waals surface area contributed by atoms with E-state index in [-0.39, 0.29) is 15.7 Å². The van der Waals surface area contributed by atoms with Crippen LogP contribution in [0, 0.1) is 0 Å². The van der Waals surface area contributed by atoms with Crippen molar-refractivity contribution in [2.75, 3.05) is 50.0 Å². The molecule has 7 nitrogen and oxygen atoms in total. The largest absolute Gasteiger partial charge is 0.495 e. The molecule has 1 aromatic carbocycles. The number of hydrogen-bond donors (Lipinski definition) is 1. The second-order valence-corrected chi connectivity index (χ2v) is 8.18. The quantitative estimate of drug-likeness (QED) is 0.835. The molecule has 140 valence electrons. The minimum absolute atomic E-state index is 0.0493. The second-order valence-electron chi connectivity index (χ2n) is 6.09. The third kappa shape index (κ3) is 4.20. The molecule has 1 aliphatic heterocycles. The number of methoxy groups -OCH3 is 1. The Kier molecular flexibility index (Phi) is 5.55. The molecule has 0 aliphatic carbocycles. The van der Waals surface area contributed by atoms with Crippen molar-refractivity contribution in [2.45, 2.75) is 4.90 Å². The van der Waals surface area contributed by atoms with E-state index in [0.29, 0.717) is 5.75 Å². The monoisotopic (exact) mass is 396 g/mol. The Bertz CT molecular complexity index is 866. The minimum atomic E-state index is -3.78. The van der Waals surface area contributed by atoms with Crippen molar-refractivity contribution in [1.82, 2.24) is 9.88 Å². The maximum Gasteiger partial charge on any atom is 0.263 e. The third-order valence-electron chi connectivity index (χ3n) is 4.29. The van der Waals surface area contributed by atoms with Crippen LogP contribution in [0.2, 0.25) is 5.02 Å². The van der Waals surface area contributed by atoms with Crippen molar-refractivity contribution in [2.24, 2.45) is 0 Å². The van der Waals surface area contributed by atoms with Crippen LogP contribution in [0.5, 0.6) is 5.75 Å². The number of rotatable bonds is 5. The average Bonchev–Trinajstić information content (AvgIpc) is 2.63. The summed E-state index contributed by atoms with van der Waals surface area (Å²) < 4.78 is 32.5. The number of pyridine rings is 1. The Balaban J connectivity index is 1.72. The number of benzene rings is 1. The molecule has 0 spiro atoms. The summed E-state index contributed by atoms with van der Waals surface area (Å²) in [6, 6.07) is 7.83. The van der Waals surface area contributed by atoms with E-state index in [4.69, 9.17) is 16.3 Å². The number of likely N-dealkylation sites (N-methyl/N-ethyl adjacent to an activating group) is 1. The standard InChI is InChI=1S/C17H21ClN4O3S/c1-21-7-9-22(10-8-21)13-3-6-17(19-12-13)20-26(23,24)14-4-5-16(25-2)15(18)11-14/h3-6,11-12H,7-10H2,1-2H3,(H,19,20). The summed E-state index contributed by atoms with van der Waals surface area (Å²) in [5.41, 5.74) is 0.980. The lowest BCUT2D eigenvalue weighted by Crippen LogP contribution is -2.44. The summed E-state index contributed by atoms with van der Waals surface area (Å²) >= 11 is 6.01. The highest BCUT2D eigenvalue weighted by atomic mass is 35.5. The summed E-state index contributed by atoms with van der Waals surface area (Å²) in [5, 5.41) is 0.230. The normalized spacial score (nSPS) is 15.7. The molecule has 9 heteroatoms. The Morgan fingerprint density at radius 1 is 1.15 bits per heavy atom. The lowest BCUT2D eigenvalue weighted by atomic mass is 10.3. The maximum atomic E-state index is 12.5. The Hall–Kier alpha value is -2.03. The number of anilines is 2. The van der Waals surface area contributed by atoms with Gasteiger partial charge in [-0.3, -0.25) is 4.72 Å². The number of nitrogens with zero attached hydrogens (tertiary/aromatic N) is 3. The molecule has 0 saturated carbocycles. The number of piperazine rings is 1. The van der Waals surface area contributed by atoms with E-state index in [1.54, 1.807) is 12.3 Å². The topological polar surface area (TPSA) is 74.8 Å². The molecule has 26 heavy (non-hydrogen) atoms. The number of nitrogens with one attached hydrogen (secondary N) is 1. The van der Waals surface area contributed by atoms with Crippen LogP contribution in [0.25, 0.3) is 0 Å². The molecule has 0 radical (unpaired) electrons. The number of halogens is 1. The Labute approximate surface area is 158 Å². The molecule has 2 aromatic rings. The lowest BCUT2D eigenvalue weighted by Gasteiger charge is -2.33. The van der Waals surface area contributed by atoms with Gasteiger partial charge in [-0.25, -0.2) is 13.4 Å². The SMILES string of the molecule is COc1ccc(S(=O)(=O)Nc2ccc(N3CCN(C)CC3)cn2)cc1Cl. The highest BCUT2D eigenvalue weighted by Crippen LogP contribution is 2.28. The van der Waals surface area contributed by atoms with Crippen molar-refractivity contribution >= 4 is 33.1 Å². The molecule has 0 unspecified atom stereocenters. The van der Waals surface area contributed by atoms with Gasteiger partial charge in [-0.2, -0.15) is 0 Å². The summed E-state index contributed by atoms with van der Waals surface area (Å²) in [6.07, 6.45) is 1.68. The highest BCUT2D eigenvalue weighted by molar-refractivity contribution is 7.92. The Morgan fingerprint density at radius 2 is 1.88 bits per heavy atom. The predicted molar refractivity (Wildman–Crippen MR) is 103 cm³/mol. The second kappa shape index (κ2) is 7.69. The summed E-state index contributed by atoms with van der Waals surface area (Å²) in [7, 11) is -0.211. The fraction of sp³-hybridized carbons (Fsp3) is 0.353. The zero-order valence-corrected chi connectivity index (χ0v) is 16.2. The van der Waals surface area contributed by atoms with Crippen molar-refractivity contribution < 1.29 is 13.2 Å². The van der Waals surface area contributed by atoms with Crippen LogP contribution >= 0.6 is 11.6 Å². The molecule has 1 fully saturated rings. The summed E-state index contributed by atoms with van der Waals surface area (Å²) in [5.74, 6) is 0.676. The van der Waals surface area contributed by atoms with Gasteiger partial charge in [-0.05, 0) is 37.4 Å². The van der Waals surface area contributed by atoms with Gasteiger partial charge in [0.25, 0.3) is 10.0 Å². The molecule has 2 heterocycles. The fourth-order valence-electron chi connectivity index (χ4n) is 2.71. The Morgan fingerprint density at radius 3 is 2.46 bits per heavy atom. The van der Waals surface area contributed by atoms with Gasteiger partial charge in [0, 0.05) is 26.2 Å².